The maximum atomic E-state index is 10.9. The van der Waals surface area contributed by atoms with Crippen LogP contribution >= 0.6 is 0 Å². The molecule has 0 heterocycles. The van der Waals surface area contributed by atoms with Crippen LogP contribution in [0.1, 0.15) is 26.7 Å². The lowest BCUT2D eigenvalue weighted by Gasteiger charge is -2.37. The fourth-order valence-electron chi connectivity index (χ4n) is 2.42. The Bertz CT molecular complexity index is 286. The number of aliphatic carboxylic acids is 2. The van der Waals surface area contributed by atoms with Crippen molar-refractivity contribution in [1.29, 1.82) is 0 Å². The lowest BCUT2D eigenvalue weighted by Crippen LogP contribution is -2.44. The summed E-state index contributed by atoms with van der Waals surface area (Å²) in [5.74, 6) is -3.86. The molecule has 1 rings (SSSR count). The largest absolute Gasteiger partial charge is 0.481 e. The van der Waals surface area contributed by atoms with Gasteiger partial charge in [0.05, 0.1) is 17.9 Å². The Morgan fingerprint density at radius 1 is 1.12 bits per heavy atom. The third kappa shape index (κ3) is 2.52. The zero-order valence-corrected chi connectivity index (χ0v) is 9.46. The first-order valence-electron chi connectivity index (χ1n) is 5.48. The Morgan fingerprint density at radius 3 is 2.06 bits per heavy atom. The molecule has 0 bridgehead atoms. The van der Waals surface area contributed by atoms with Crippen LogP contribution in [-0.4, -0.2) is 33.4 Å². The van der Waals surface area contributed by atoms with Gasteiger partial charge in [-0.15, -0.1) is 0 Å². The van der Waals surface area contributed by atoms with Crippen molar-refractivity contribution in [3.63, 3.8) is 0 Å². The Morgan fingerprint density at radius 2 is 1.69 bits per heavy atom. The van der Waals surface area contributed by atoms with Crippen LogP contribution in [0.15, 0.2) is 0 Å². The van der Waals surface area contributed by atoms with Crippen molar-refractivity contribution in [1.82, 2.24) is 0 Å². The fraction of sp³-hybridized carbons (Fsp3) is 0.818. The summed E-state index contributed by atoms with van der Waals surface area (Å²) in [6.45, 7) is 3.74. The number of aliphatic hydroxyl groups excluding tert-OH is 1. The van der Waals surface area contributed by atoms with Crippen LogP contribution in [0.3, 0.4) is 0 Å². The third-order valence-electron chi connectivity index (χ3n) is 3.47. The van der Waals surface area contributed by atoms with Crippen LogP contribution in [-0.2, 0) is 9.59 Å². The number of carboxylic acid groups (broad SMARTS) is 2. The van der Waals surface area contributed by atoms with Crippen molar-refractivity contribution in [3.05, 3.63) is 0 Å². The molecule has 5 heteroatoms. The molecule has 0 spiro atoms. The van der Waals surface area contributed by atoms with Gasteiger partial charge in [0, 0.05) is 0 Å². The quantitative estimate of drug-likeness (QED) is 0.667. The van der Waals surface area contributed by atoms with Gasteiger partial charge >= 0.3 is 11.9 Å². The molecule has 3 N–H and O–H groups in total. The molecule has 5 nitrogen and oxygen atoms in total. The molecule has 16 heavy (non-hydrogen) atoms. The molecule has 1 aliphatic rings. The molecule has 4 atom stereocenters. The first kappa shape index (κ1) is 13.0. The lowest BCUT2D eigenvalue weighted by atomic mass is 9.69. The minimum atomic E-state index is -1.11. The Kier molecular flexibility index (Phi) is 3.91. The van der Waals surface area contributed by atoms with Crippen LogP contribution in [0, 0.1) is 23.7 Å². The number of aliphatic hydroxyl groups is 1. The predicted octanol–water partition coefficient (Wildman–Crippen LogP) is 0.815. The third-order valence-corrected chi connectivity index (χ3v) is 3.47. The maximum Gasteiger partial charge on any atom is 0.309 e. The molecule has 0 aromatic rings. The predicted molar refractivity (Wildman–Crippen MR) is 55.8 cm³/mol. The molecular weight excluding hydrogens is 212 g/mol. The van der Waals surface area contributed by atoms with Crippen molar-refractivity contribution in [3.8, 4) is 0 Å². The summed E-state index contributed by atoms with van der Waals surface area (Å²) < 4.78 is 0. The minimum Gasteiger partial charge on any atom is -0.481 e. The summed E-state index contributed by atoms with van der Waals surface area (Å²) in [7, 11) is 0. The van der Waals surface area contributed by atoms with Crippen LogP contribution in [0.5, 0.6) is 0 Å². The van der Waals surface area contributed by atoms with Gasteiger partial charge in [-0.2, -0.15) is 0 Å². The van der Waals surface area contributed by atoms with Gasteiger partial charge in [-0.1, -0.05) is 13.8 Å². The molecule has 0 aliphatic heterocycles. The minimum absolute atomic E-state index is 0.0229. The van der Waals surface area contributed by atoms with Crippen molar-refractivity contribution < 1.29 is 24.9 Å². The molecule has 0 aromatic heterocycles. The van der Waals surface area contributed by atoms with E-state index in [9.17, 15) is 14.7 Å². The summed E-state index contributed by atoms with van der Waals surface area (Å²) in [5, 5.41) is 27.8. The van der Waals surface area contributed by atoms with Gasteiger partial charge in [-0.3, -0.25) is 9.59 Å². The fourth-order valence-corrected chi connectivity index (χ4v) is 2.42. The van der Waals surface area contributed by atoms with E-state index >= 15 is 0 Å². The van der Waals surface area contributed by atoms with E-state index in [1.165, 1.54) is 0 Å². The average molecular weight is 230 g/mol. The molecule has 1 fully saturated rings. The first-order chi connectivity index (χ1) is 7.34. The molecule has 1 aliphatic carbocycles. The van der Waals surface area contributed by atoms with E-state index in [1.807, 2.05) is 13.8 Å². The number of hydrogen-bond donors (Lipinski definition) is 3. The Balaban J connectivity index is 2.88. The monoisotopic (exact) mass is 230 g/mol. The normalized spacial score (nSPS) is 35.0. The number of carboxylic acids is 2. The summed E-state index contributed by atoms with van der Waals surface area (Å²) in [6.07, 6.45) is -0.555. The van der Waals surface area contributed by atoms with Crippen molar-refractivity contribution in [2.24, 2.45) is 23.7 Å². The molecule has 0 aromatic carbocycles. The topological polar surface area (TPSA) is 94.8 Å². The second kappa shape index (κ2) is 4.82. The van der Waals surface area contributed by atoms with E-state index in [-0.39, 0.29) is 18.3 Å². The van der Waals surface area contributed by atoms with E-state index in [0.29, 0.717) is 6.42 Å². The van der Waals surface area contributed by atoms with Crippen LogP contribution < -0.4 is 0 Å². The maximum absolute atomic E-state index is 10.9. The van der Waals surface area contributed by atoms with Gasteiger partial charge in [-0.25, -0.2) is 0 Å². The molecule has 4 unspecified atom stereocenters. The highest BCUT2D eigenvalue weighted by Crippen LogP contribution is 2.37. The molecule has 0 amide bonds. The van der Waals surface area contributed by atoms with Gasteiger partial charge in [-0.05, 0) is 24.7 Å². The van der Waals surface area contributed by atoms with Gasteiger partial charge in [0.25, 0.3) is 0 Å². The molecule has 0 saturated heterocycles. The average Bonchev–Trinajstić information content (AvgIpc) is 2.16. The van der Waals surface area contributed by atoms with E-state index in [2.05, 4.69) is 0 Å². The van der Waals surface area contributed by atoms with Gasteiger partial charge < -0.3 is 15.3 Å². The van der Waals surface area contributed by atoms with Gasteiger partial charge in [0.1, 0.15) is 0 Å². The Hall–Kier alpha value is -1.10. The summed E-state index contributed by atoms with van der Waals surface area (Å²) in [5.41, 5.74) is 0. The second-order valence-corrected chi connectivity index (χ2v) is 4.85. The van der Waals surface area contributed by atoms with E-state index < -0.39 is 29.9 Å². The highest BCUT2D eigenvalue weighted by molar-refractivity contribution is 5.75. The molecule has 92 valence electrons. The highest BCUT2D eigenvalue weighted by Gasteiger charge is 2.43. The van der Waals surface area contributed by atoms with Crippen LogP contribution in [0.25, 0.3) is 0 Å². The number of rotatable bonds is 3. The number of hydrogen-bond acceptors (Lipinski definition) is 3. The zero-order chi connectivity index (χ0) is 12.5. The molecular formula is C11H18O5. The standard InChI is InChI=1S/C11H18O5/c1-5(2)7-3-6(10(13)14)4-8(9(7)12)11(15)16/h5-9,12H,3-4H2,1-2H3,(H,13,14)(H,15,16). The van der Waals surface area contributed by atoms with Crippen LogP contribution in [0.4, 0.5) is 0 Å². The van der Waals surface area contributed by atoms with E-state index in [1.54, 1.807) is 0 Å². The summed E-state index contributed by atoms with van der Waals surface area (Å²) in [6, 6.07) is 0. The van der Waals surface area contributed by atoms with Crippen molar-refractivity contribution in [2.75, 3.05) is 0 Å². The highest BCUT2D eigenvalue weighted by atomic mass is 16.4. The second-order valence-electron chi connectivity index (χ2n) is 4.85. The Labute approximate surface area is 94.1 Å². The van der Waals surface area contributed by atoms with Crippen LogP contribution in [0.2, 0.25) is 0 Å². The summed E-state index contributed by atoms with van der Waals surface area (Å²) in [4.78, 5) is 21.9. The molecule has 0 radical (unpaired) electrons. The van der Waals surface area contributed by atoms with E-state index in [0.717, 1.165) is 0 Å². The van der Waals surface area contributed by atoms with Gasteiger partial charge in [0.15, 0.2) is 0 Å². The van der Waals surface area contributed by atoms with Crippen molar-refractivity contribution in [2.45, 2.75) is 32.8 Å². The van der Waals surface area contributed by atoms with E-state index in [4.69, 9.17) is 10.2 Å². The zero-order valence-electron chi connectivity index (χ0n) is 9.46. The van der Waals surface area contributed by atoms with Crippen molar-refractivity contribution >= 4 is 11.9 Å². The first-order valence-corrected chi connectivity index (χ1v) is 5.48. The molecule has 1 saturated carbocycles. The smallest absolute Gasteiger partial charge is 0.309 e. The number of carbonyl (C=O) groups is 2. The van der Waals surface area contributed by atoms with Gasteiger partial charge in [0.2, 0.25) is 0 Å². The lowest BCUT2D eigenvalue weighted by molar-refractivity contribution is -0.157. The summed E-state index contributed by atoms with van der Waals surface area (Å²) >= 11 is 0. The SMILES string of the molecule is CC(C)C1CC(C(=O)O)CC(C(=O)O)C1O.